The van der Waals surface area contributed by atoms with Crippen molar-refractivity contribution in [2.24, 2.45) is 0 Å². The highest BCUT2D eigenvalue weighted by Crippen LogP contribution is 2.19. The van der Waals surface area contributed by atoms with E-state index in [1.54, 1.807) is 35.2 Å². The maximum atomic E-state index is 12.3. The summed E-state index contributed by atoms with van der Waals surface area (Å²) in [5.41, 5.74) is 2.51. The summed E-state index contributed by atoms with van der Waals surface area (Å²) in [6, 6.07) is 8.52. The molecule has 1 aromatic carbocycles. The standard InChI is InChI=1S/C19H21ClN6O2/c1-25(2)8-7-21-18(27)11-26-12-23-15-9-14(4-5-16(15)26)24-19(28)13-3-6-17(20)22-10-13/h3-6,9-10,12H,7-8,11H2,1-2H3,(H,21,27)(H,24,28). The van der Waals surface area contributed by atoms with Gasteiger partial charge in [0.2, 0.25) is 5.91 Å². The van der Waals surface area contributed by atoms with Gasteiger partial charge in [-0.2, -0.15) is 0 Å². The summed E-state index contributed by atoms with van der Waals surface area (Å²) in [5, 5.41) is 6.01. The third-order valence-electron chi connectivity index (χ3n) is 4.06. The van der Waals surface area contributed by atoms with Crippen LogP contribution in [0.15, 0.2) is 42.9 Å². The van der Waals surface area contributed by atoms with Crippen molar-refractivity contribution in [1.29, 1.82) is 0 Å². The summed E-state index contributed by atoms with van der Waals surface area (Å²) < 4.78 is 1.77. The maximum Gasteiger partial charge on any atom is 0.257 e. The minimum atomic E-state index is -0.289. The average Bonchev–Trinajstić information content (AvgIpc) is 3.04. The number of nitrogens with one attached hydrogen (secondary N) is 2. The van der Waals surface area contributed by atoms with Crippen LogP contribution in [0.4, 0.5) is 5.69 Å². The number of pyridine rings is 1. The smallest absolute Gasteiger partial charge is 0.257 e. The molecule has 3 aromatic rings. The molecule has 28 heavy (non-hydrogen) atoms. The van der Waals surface area contributed by atoms with Gasteiger partial charge in [-0.3, -0.25) is 9.59 Å². The van der Waals surface area contributed by atoms with E-state index in [0.717, 1.165) is 12.1 Å². The summed E-state index contributed by atoms with van der Waals surface area (Å²) >= 11 is 5.74. The number of imidazole rings is 1. The van der Waals surface area contributed by atoms with Crippen LogP contribution in [0, 0.1) is 0 Å². The van der Waals surface area contributed by atoms with Gasteiger partial charge >= 0.3 is 0 Å². The molecule has 0 aliphatic carbocycles. The van der Waals surface area contributed by atoms with Gasteiger partial charge in [-0.15, -0.1) is 0 Å². The molecular weight excluding hydrogens is 380 g/mol. The minimum absolute atomic E-state index is 0.0752. The number of anilines is 1. The average molecular weight is 401 g/mol. The summed E-state index contributed by atoms with van der Waals surface area (Å²) in [5.74, 6) is -0.364. The molecule has 0 unspecified atom stereocenters. The first-order valence-electron chi connectivity index (χ1n) is 8.71. The molecule has 0 bridgehead atoms. The molecule has 2 heterocycles. The first kappa shape index (κ1) is 19.8. The highest BCUT2D eigenvalue weighted by molar-refractivity contribution is 6.29. The number of amides is 2. The van der Waals surface area contributed by atoms with Gasteiger partial charge in [0.1, 0.15) is 11.7 Å². The number of fused-ring (bicyclic) bond motifs is 1. The second kappa shape index (κ2) is 8.81. The number of hydrogen-bond donors (Lipinski definition) is 2. The van der Waals surface area contributed by atoms with E-state index in [-0.39, 0.29) is 18.4 Å². The van der Waals surface area contributed by atoms with Gasteiger partial charge < -0.3 is 20.1 Å². The zero-order valence-corrected chi connectivity index (χ0v) is 16.4. The van der Waals surface area contributed by atoms with E-state index >= 15 is 0 Å². The Morgan fingerprint density at radius 2 is 2.00 bits per heavy atom. The van der Waals surface area contributed by atoms with Crippen LogP contribution in [0.3, 0.4) is 0 Å². The third-order valence-corrected chi connectivity index (χ3v) is 4.29. The summed E-state index contributed by atoms with van der Waals surface area (Å²) in [4.78, 5) is 34.6. The molecule has 2 N–H and O–H groups in total. The van der Waals surface area contributed by atoms with E-state index in [1.807, 2.05) is 25.1 Å². The Hall–Kier alpha value is -2.97. The second-order valence-electron chi connectivity index (χ2n) is 6.55. The predicted molar refractivity (Wildman–Crippen MR) is 108 cm³/mol. The molecule has 8 nitrogen and oxygen atoms in total. The number of likely N-dealkylation sites (N-methyl/N-ethyl adjacent to an activating group) is 1. The van der Waals surface area contributed by atoms with Crippen LogP contribution in [0.1, 0.15) is 10.4 Å². The molecule has 0 radical (unpaired) electrons. The lowest BCUT2D eigenvalue weighted by Gasteiger charge is -2.11. The Balaban J connectivity index is 1.65. The molecule has 9 heteroatoms. The van der Waals surface area contributed by atoms with E-state index in [4.69, 9.17) is 11.6 Å². The molecule has 0 saturated carbocycles. The fourth-order valence-electron chi connectivity index (χ4n) is 2.61. The topological polar surface area (TPSA) is 92.2 Å². The van der Waals surface area contributed by atoms with Crippen LogP contribution in [0.2, 0.25) is 5.15 Å². The summed E-state index contributed by atoms with van der Waals surface area (Å²) in [7, 11) is 3.91. The van der Waals surface area contributed by atoms with Crippen molar-refractivity contribution in [2.45, 2.75) is 6.54 Å². The van der Waals surface area contributed by atoms with E-state index in [9.17, 15) is 9.59 Å². The molecule has 0 aliphatic heterocycles. The Labute approximate surface area is 167 Å². The Bertz CT molecular complexity index is 984. The molecule has 2 amide bonds. The Morgan fingerprint density at radius 1 is 1.18 bits per heavy atom. The SMILES string of the molecule is CN(C)CCNC(=O)Cn1cnc2cc(NC(=O)c3ccc(Cl)nc3)ccc21. The lowest BCUT2D eigenvalue weighted by molar-refractivity contribution is -0.121. The molecule has 0 aliphatic rings. The molecule has 0 fully saturated rings. The van der Waals surface area contributed by atoms with Crippen molar-refractivity contribution >= 4 is 40.1 Å². The van der Waals surface area contributed by atoms with Crippen LogP contribution < -0.4 is 10.6 Å². The Morgan fingerprint density at radius 3 is 2.71 bits per heavy atom. The molecule has 0 spiro atoms. The minimum Gasteiger partial charge on any atom is -0.353 e. The summed E-state index contributed by atoms with van der Waals surface area (Å²) in [6.07, 6.45) is 3.03. The number of halogens is 1. The number of hydrogen-bond acceptors (Lipinski definition) is 5. The predicted octanol–water partition coefficient (Wildman–Crippen LogP) is 2.01. The lowest BCUT2D eigenvalue weighted by atomic mass is 10.2. The van der Waals surface area contributed by atoms with E-state index < -0.39 is 0 Å². The van der Waals surface area contributed by atoms with Gasteiger partial charge in [0, 0.05) is 25.0 Å². The quantitative estimate of drug-likeness (QED) is 0.592. The zero-order valence-electron chi connectivity index (χ0n) is 15.6. The Kier molecular flexibility index (Phi) is 6.23. The number of nitrogens with zero attached hydrogens (tertiary/aromatic N) is 4. The molecular formula is C19H21ClN6O2. The fourth-order valence-corrected chi connectivity index (χ4v) is 2.72. The van der Waals surface area contributed by atoms with Gasteiger partial charge in [-0.25, -0.2) is 9.97 Å². The van der Waals surface area contributed by atoms with Crippen LogP contribution in [0.25, 0.3) is 11.0 Å². The lowest BCUT2D eigenvalue weighted by Crippen LogP contribution is -2.33. The van der Waals surface area contributed by atoms with Crippen molar-refractivity contribution in [1.82, 2.24) is 24.8 Å². The maximum absolute atomic E-state index is 12.3. The number of aromatic nitrogens is 3. The third kappa shape index (κ3) is 5.05. The van der Waals surface area contributed by atoms with Crippen molar-refractivity contribution in [3.8, 4) is 0 Å². The summed E-state index contributed by atoms with van der Waals surface area (Å²) in [6.45, 7) is 1.56. The first-order chi connectivity index (χ1) is 13.4. The highest BCUT2D eigenvalue weighted by atomic mass is 35.5. The fraction of sp³-hybridized carbons (Fsp3) is 0.263. The monoisotopic (exact) mass is 400 g/mol. The molecule has 0 atom stereocenters. The molecule has 3 rings (SSSR count). The van der Waals surface area contributed by atoms with Crippen molar-refractivity contribution < 1.29 is 9.59 Å². The molecule has 146 valence electrons. The number of carbonyl (C=O) groups excluding carboxylic acids is 2. The van der Waals surface area contributed by atoms with Crippen molar-refractivity contribution in [3.63, 3.8) is 0 Å². The molecule has 0 saturated heterocycles. The van der Waals surface area contributed by atoms with E-state index in [2.05, 4.69) is 20.6 Å². The van der Waals surface area contributed by atoms with Gasteiger partial charge in [0.05, 0.1) is 22.9 Å². The normalized spacial score (nSPS) is 11.0. The largest absolute Gasteiger partial charge is 0.353 e. The van der Waals surface area contributed by atoms with Crippen molar-refractivity contribution in [3.05, 3.63) is 53.6 Å². The zero-order chi connectivity index (χ0) is 20.1. The number of carbonyl (C=O) groups is 2. The highest BCUT2D eigenvalue weighted by Gasteiger charge is 2.10. The van der Waals surface area contributed by atoms with Gasteiger partial charge in [-0.05, 0) is 44.4 Å². The van der Waals surface area contributed by atoms with Crippen LogP contribution in [-0.4, -0.2) is 58.4 Å². The van der Waals surface area contributed by atoms with Crippen LogP contribution in [-0.2, 0) is 11.3 Å². The van der Waals surface area contributed by atoms with Crippen molar-refractivity contribution in [2.75, 3.05) is 32.5 Å². The molecule has 2 aromatic heterocycles. The number of benzene rings is 1. The van der Waals surface area contributed by atoms with E-state index in [0.29, 0.717) is 28.5 Å². The van der Waals surface area contributed by atoms with Gasteiger partial charge in [0.15, 0.2) is 0 Å². The van der Waals surface area contributed by atoms with Gasteiger partial charge in [0.25, 0.3) is 5.91 Å². The number of rotatable bonds is 7. The van der Waals surface area contributed by atoms with Crippen LogP contribution >= 0.6 is 11.6 Å². The van der Waals surface area contributed by atoms with E-state index in [1.165, 1.54) is 6.20 Å². The van der Waals surface area contributed by atoms with Gasteiger partial charge in [-0.1, -0.05) is 11.6 Å². The second-order valence-corrected chi connectivity index (χ2v) is 6.94. The van der Waals surface area contributed by atoms with Crippen LogP contribution in [0.5, 0.6) is 0 Å². The first-order valence-corrected chi connectivity index (χ1v) is 9.09.